The van der Waals surface area contributed by atoms with E-state index in [0.29, 0.717) is 12.1 Å². The molecule has 3 aliphatic rings. The Labute approximate surface area is 168 Å². The lowest BCUT2D eigenvalue weighted by Crippen LogP contribution is -2.51. The van der Waals surface area contributed by atoms with E-state index < -0.39 is 0 Å². The van der Waals surface area contributed by atoms with Crippen LogP contribution >= 0.6 is 0 Å². The summed E-state index contributed by atoms with van der Waals surface area (Å²) < 4.78 is 12.5. The molecule has 0 amide bonds. The summed E-state index contributed by atoms with van der Waals surface area (Å²) in [6, 6.07) is 7.06. The Bertz CT molecular complexity index is 856. The molecule has 0 unspecified atom stereocenters. The van der Waals surface area contributed by atoms with E-state index >= 15 is 0 Å². The molecule has 152 valence electrons. The third-order valence-corrected chi connectivity index (χ3v) is 7.68. The third kappa shape index (κ3) is 3.20. The van der Waals surface area contributed by atoms with Gasteiger partial charge in [0.05, 0.1) is 11.7 Å². The second-order valence-electron chi connectivity index (χ2n) is 9.40. The quantitative estimate of drug-likeness (QED) is 0.785. The molecule has 2 aliphatic carbocycles. The number of hydrogen-bond donors (Lipinski definition) is 1. The zero-order valence-electron chi connectivity index (χ0n) is 17.6. The molecule has 0 radical (unpaired) electrons. The van der Waals surface area contributed by atoms with Gasteiger partial charge >= 0.3 is 0 Å². The molecule has 2 heterocycles. The van der Waals surface area contributed by atoms with Crippen molar-refractivity contribution in [1.82, 2.24) is 9.88 Å². The minimum absolute atomic E-state index is 0.0231. The van der Waals surface area contributed by atoms with Gasteiger partial charge in [0, 0.05) is 49.4 Å². The Morgan fingerprint density at radius 2 is 2.04 bits per heavy atom. The van der Waals surface area contributed by atoms with Crippen molar-refractivity contribution in [2.24, 2.45) is 5.92 Å². The van der Waals surface area contributed by atoms with Crippen molar-refractivity contribution in [1.29, 1.82) is 0 Å². The van der Waals surface area contributed by atoms with Crippen LogP contribution in [-0.2, 0) is 16.0 Å². The molecule has 5 rings (SSSR count). The monoisotopic (exact) mass is 382 g/mol. The Balaban J connectivity index is 1.36. The van der Waals surface area contributed by atoms with Crippen LogP contribution < -0.4 is 0 Å². The Morgan fingerprint density at radius 3 is 2.79 bits per heavy atom. The first-order valence-electron chi connectivity index (χ1n) is 11.1. The Kier molecular flexibility index (Phi) is 4.77. The number of aryl methyl sites for hydroxylation is 2. The summed E-state index contributed by atoms with van der Waals surface area (Å²) >= 11 is 0. The van der Waals surface area contributed by atoms with Crippen LogP contribution in [0.25, 0.3) is 10.9 Å². The standard InChI is InChI=1S/C24H34N2O2/c1-16-5-4-6-20-17(2)21(25-23(16)20)14-26-12-11-24(27-3)10-9-19(13-22(24)26)28-15-18-7-8-18/h4-6,18-19,22,25H,7-15H2,1-3H3/t19-,22+,24-/m1/s1. The minimum atomic E-state index is 0.0231. The number of likely N-dealkylation sites (tertiary alicyclic amines) is 1. The predicted octanol–water partition coefficient (Wildman–Crippen LogP) is 4.72. The minimum Gasteiger partial charge on any atom is -0.378 e. The molecule has 3 atom stereocenters. The highest BCUT2D eigenvalue weighted by Gasteiger charge is 2.51. The van der Waals surface area contributed by atoms with E-state index in [1.54, 1.807) is 0 Å². The number of benzene rings is 1. The van der Waals surface area contributed by atoms with Gasteiger partial charge in [-0.05, 0) is 69.4 Å². The van der Waals surface area contributed by atoms with Crippen molar-refractivity contribution in [3.05, 3.63) is 35.0 Å². The highest BCUT2D eigenvalue weighted by atomic mass is 16.5. The first kappa shape index (κ1) is 18.7. The maximum atomic E-state index is 6.30. The third-order valence-electron chi connectivity index (χ3n) is 7.68. The highest BCUT2D eigenvalue weighted by molar-refractivity contribution is 5.86. The molecule has 3 fully saturated rings. The number of hydrogen-bond acceptors (Lipinski definition) is 3. The fourth-order valence-electron chi connectivity index (χ4n) is 5.57. The Morgan fingerprint density at radius 1 is 1.18 bits per heavy atom. The number of para-hydroxylation sites is 1. The van der Waals surface area contributed by atoms with Crippen LogP contribution in [0.1, 0.15) is 55.3 Å². The van der Waals surface area contributed by atoms with Crippen LogP contribution in [0.2, 0.25) is 0 Å². The van der Waals surface area contributed by atoms with E-state index in [1.807, 2.05) is 7.11 Å². The van der Waals surface area contributed by atoms with Crippen LogP contribution in [0.15, 0.2) is 18.2 Å². The number of nitrogens with one attached hydrogen (secondary N) is 1. The number of aromatic amines is 1. The number of rotatable bonds is 6. The summed E-state index contributed by atoms with van der Waals surface area (Å²) in [7, 11) is 1.92. The van der Waals surface area contributed by atoms with Crippen molar-refractivity contribution >= 4 is 10.9 Å². The molecule has 4 heteroatoms. The molecule has 0 bridgehead atoms. The maximum absolute atomic E-state index is 6.30. The topological polar surface area (TPSA) is 37.5 Å². The van der Waals surface area contributed by atoms with Crippen LogP contribution in [0, 0.1) is 19.8 Å². The normalized spacial score (nSPS) is 30.8. The van der Waals surface area contributed by atoms with Crippen LogP contribution in [-0.4, -0.2) is 47.9 Å². The van der Waals surface area contributed by atoms with Gasteiger partial charge in [-0.25, -0.2) is 0 Å². The van der Waals surface area contributed by atoms with Crippen molar-refractivity contribution in [3.8, 4) is 0 Å². The lowest BCUT2D eigenvalue weighted by Gasteiger charge is -2.43. The SMILES string of the molecule is CO[C@@]12CC[C@@H](OCC3CC3)C[C@@H]1N(Cc1[nH]c3c(C)cccc3c1C)CC2. The van der Waals surface area contributed by atoms with Gasteiger partial charge in [-0.3, -0.25) is 4.90 Å². The molecule has 4 nitrogen and oxygen atoms in total. The molecule has 1 aliphatic heterocycles. The van der Waals surface area contributed by atoms with E-state index in [0.717, 1.165) is 51.3 Å². The summed E-state index contributed by atoms with van der Waals surface area (Å²) in [5.74, 6) is 0.839. The van der Waals surface area contributed by atoms with Gasteiger partial charge in [-0.2, -0.15) is 0 Å². The average Bonchev–Trinajstić information content (AvgIpc) is 3.40. The number of nitrogens with zero attached hydrogens (tertiary/aromatic N) is 1. The first-order valence-corrected chi connectivity index (χ1v) is 11.1. The summed E-state index contributed by atoms with van der Waals surface area (Å²) in [6.45, 7) is 7.51. The molecule has 28 heavy (non-hydrogen) atoms. The van der Waals surface area contributed by atoms with Crippen LogP contribution in [0.3, 0.4) is 0 Å². The van der Waals surface area contributed by atoms with E-state index in [4.69, 9.17) is 9.47 Å². The molecule has 1 aromatic carbocycles. The van der Waals surface area contributed by atoms with Crippen molar-refractivity contribution in [2.75, 3.05) is 20.3 Å². The second kappa shape index (κ2) is 7.16. The van der Waals surface area contributed by atoms with Crippen LogP contribution in [0.5, 0.6) is 0 Å². The van der Waals surface area contributed by atoms with Crippen molar-refractivity contribution in [2.45, 2.75) is 76.7 Å². The zero-order valence-corrected chi connectivity index (χ0v) is 17.6. The smallest absolute Gasteiger partial charge is 0.0847 e. The summed E-state index contributed by atoms with van der Waals surface area (Å²) in [6.07, 6.45) is 7.66. The summed E-state index contributed by atoms with van der Waals surface area (Å²) in [5, 5.41) is 1.36. The van der Waals surface area contributed by atoms with E-state index in [2.05, 4.69) is 41.9 Å². The molecular formula is C24H34N2O2. The molecule has 1 saturated heterocycles. The van der Waals surface area contributed by atoms with Crippen LogP contribution in [0.4, 0.5) is 0 Å². The fraction of sp³-hybridized carbons (Fsp3) is 0.667. The summed E-state index contributed by atoms with van der Waals surface area (Å²) in [5.41, 5.74) is 5.39. The fourth-order valence-corrected chi connectivity index (χ4v) is 5.57. The second-order valence-corrected chi connectivity index (χ2v) is 9.40. The Hall–Kier alpha value is -1.36. The zero-order chi connectivity index (χ0) is 19.3. The van der Waals surface area contributed by atoms with E-state index in [-0.39, 0.29) is 5.60 Å². The van der Waals surface area contributed by atoms with Gasteiger partial charge in [-0.15, -0.1) is 0 Å². The van der Waals surface area contributed by atoms with Crippen molar-refractivity contribution < 1.29 is 9.47 Å². The largest absolute Gasteiger partial charge is 0.378 e. The number of aromatic nitrogens is 1. The van der Waals surface area contributed by atoms with Gasteiger partial charge in [0.1, 0.15) is 0 Å². The van der Waals surface area contributed by atoms with E-state index in [1.165, 1.54) is 40.6 Å². The highest BCUT2D eigenvalue weighted by Crippen LogP contribution is 2.44. The lowest BCUT2D eigenvalue weighted by molar-refractivity contribution is -0.103. The van der Waals surface area contributed by atoms with E-state index in [9.17, 15) is 0 Å². The number of fused-ring (bicyclic) bond motifs is 2. The van der Waals surface area contributed by atoms with Gasteiger partial charge in [0.2, 0.25) is 0 Å². The number of methoxy groups -OCH3 is 1. The number of ether oxygens (including phenoxy) is 2. The van der Waals surface area contributed by atoms with Crippen molar-refractivity contribution in [3.63, 3.8) is 0 Å². The molecular weight excluding hydrogens is 348 g/mol. The molecule has 0 spiro atoms. The summed E-state index contributed by atoms with van der Waals surface area (Å²) in [4.78, 5) is 6.39. The molecule has 1 aromatic heterocycles. The van der Waals surface area contributed by atoms with Gasteiger partial charge < -0.3 is 14.5 Å². The maximum Gasteiger partial charge on any atom is 0.0847 e. The molecule has 1 N–H and O–H groups in total. The first-order chi connectivity index (χ1) is 13.6. The predicted molar refractivity (Wildman–Crippen MR) is 113 cm³/mol. The van der Waals surface area contributed by atoms with Gasteiger partial charge in [0.15, 0.2) is 0 Å². The molecule has 2 aromatic rings. The van der Waals surface area contributed by atoms with Gasteiger partial charge in [-0.1, -0.05) is 18.2 Å². The average molecular weight is 383 g/mol. The molecule has 2 saturated carbocycles. The van der Waals surface area contributed by atoms with Gasteiger partial charge in [0.25, 0.3) is 0 Å². The lowest BCUT2D eigenvalue weighted by atomic mass is 9.79. The number of H-pyrrole nitrogens is 1.